The summed E-state index contributed by atoms with van der Waals surface area (Å²) >= 11 is 0. The predicted molar refractivity (Wildman–Crippen MR) is 328 cm³/mol. The molecule has 0 bridgehead atoms. The van der Waals surface area contributed by atoms with Gasteiger partial charge < -0.3 is 68.2 Å². The first-order valence-corrected chi connectivity index (χ1v) is 29.5. The number of ether oxygens (including phenoxy) is 10. The van der Waals surface area contributed by atoms with Crippen molar-refractivity contribution >= 4 is 59.9 Å². The molecular weight excluding hydrogens is 1150 g/mol. The van der Waals surface area contributed by atoms with Gasteiger partial charge in [0.05, 0.1) is 35.4 Å². The van der Waals surface area contributed by atoms with Crippen molar-refractivity contribution in [2.24, 2.45) is 16.7 Å². The highest BCUT2D eigenvalue weighted by atomic mass is 16.6. The molecule has 500 valence electrons. The summed E-state index contributed by atoms with van der Waals surface area (Å²) in [7, 11) is 0. The Morgan fingerprint density at radius 3 is 1.23 bits per heavy atom. The lowest BCUT2D eigenvalue weighted by molar-refractivity contribution is -0.160. The predicted octanol–water partition coefficient (Wildman–Crippen LogP) is 8.86. The molecule has 0 aliphatic carbocycles. The number of carbonyl (C=O) groups is 10. The van der Waals surface area contributed by atoms with Crippen LogP contribution in [0.3, 0.4) is 0 Å². The Morgan fingerprint density at radius 1 is 0.477 bits per heavy atom. The van der Waals surface area contributed by atoms with Crippen LogP contribution in [0.4, 0.5) is 9.59 Å². The topological polar surface area (TPSA) is 328 Å². The van der Waals surface area contributed by atoms with Gasteiger partial charge in [0.15, 0.2) is 0 Å². The number of amides is 2. The molecule has 1 rings (SSSR count). The standard InChI is InChI=1S/C20H28O5.C16H27NO6.C15H25NO6.C13H22O5/c1-6-20(5,7-2)16-10-8-15(9-11-16)19(23)25-13-17(21)12-24-18(22)14(3)4;1-6-16(5,7-2)14(19)22-10-11-23-15(20)17-8-9-21-13(18)12(3)4;1-5-12(6-2)14(18)21-9-10-22-15(19)16-7-8-20-13(17)11(3)4;1-5-11(15)17-8-10(14)9-18-12(16)13(4,6-2)7-3/h8-11,17,21H,3,6-7,12-13H2,1-2,4-5H3;3,6-11H2,1-2,4-5H3,(H,17,20);12H,3,5-10H2,1-2,4H3,(H,16,19);5,10,14H,1,6-9H2,2-4H3. The summed E-state index contributed by atoms with van der Waals surface area (Å²) in [4.78, 5) is 114. The lowest BCUT2D eigenvalue weighted by atomic mass is 9.78. The monoisotopic (exact) mass is 1250 g/mol. The minimum absolute atomic E-state index is 0.00644. The van der Waals surface area contributed by atoms with E-state index in [2.05, 4.69) is 62.5 Å². The quantitative estimate of drug-likeness (QED) is 0.0209. The Labute approximate surface area is 520 Å². The van der Waals surface area contributed by atoms with Crippen LogP contribution in [-0.2, 0) is 86.3 Å². The van der Waals surface area contributed by atoms with Gasteiger partial charge >= 0.3 is 59.9 Å². The summed E-state index contributed by atoms with van der Waals surface area (Å²) in [5.41, 5.74) is 1.49. The lowest BCUT2D eigenvalue weighted by Gasteiger charge is -2.27. The molecule has 0 spiro atoms. The van der Waals surface area contributed by atoms with Crippen LogP contribution in [0.2, 0.25) is 0 Å². The summed E-state index contributed by atoms with van der Waals surface area (Å²) in [6, 6.07) is 7.34. The minimum atomic E-state index is -1.07. The number of rotatable bonds is 37. The first kappa shape index (κ1) is 84.6. The van der Waals surface area contributed by atoms with Gasteiger partial charge in [-0.25, -0.2) is 33.6 Å². The first-order valence-electron chi connectivity index (χ1n) is 29.5. The number of benzene rings is 1. The van der Waals surface area contributed by atoms with Crippen LogP contribution < -0.4 is 10.6 Å². The molecule has 0 saturated heterocycles. The molecule has 0 aromatic heterocycles. The molecule has 24 nitrogen and oxygen atoms in total. The highest BCUT2D eigenvalue weighted by Gasteiger charge is 2.32. The molecule has 0 saturated carbocycles. The fourth-order valence-electron chi connectivity index (χ4n) is 6.38. The average Bonchev–Trinajstić information content (AvgIpc) is 3.14. The number of hydrogen-bond donors (Lipinski definition) is 4. The summed E-state index contributed by atoms with van der Waals surface area (Å²) in [5, 5.41) is 24.0. The Kier molecular flexibility index (Phi) is 45.6. The van der Waals surface area contributed by atoms with E-state index in [1.807, 2.05) is 67.5 Å². The normalized spacial score (nSPS) is 11.4. The van der Waals surface area contributed by atoms with Gasteiger partial charge in [-0.1, -0.05) is 101 Å². The van der Waals surface area contributed by atoms with Crippen LogP contribution in [0.15, 0.2) is 73.4 Å². The van der Waals surface area contributed by atoms with Gasteiger partial charge in [0.25, 0.3) is 0 Å². The van der Waals surface area contributed by atoms with Crippen LogP contribution >= 0.6 is 0 Å². The van der Waals surface area contributed by atoms with Crippen LogP contribution in [0.25, 0.3) is 0 Å². The van der Waals surface area contributed by atoms with Crippen molar-refractivity contribution in [1.29, 1.82) is 0 Å². The zero-order valence-electron chi connectivity index (χ0n) is 54.6. The van der Waals surface area contributed by atoms with Gasteiger partial charge in [0.2, 0.25) is 0 Å². The Morgan fingerprint density at radius 2 is 0.841 bits per heavy atom. The molecule has 24 heteroatoms. The fraction of sp³-hybridized carbons (Fsp3) is 0.625. The maximum absolute atomic E-state index is 12.0. The van der Waals surface area contributed by atoms with Crippen molar-refractivity contribution in [3.05, 3.63) is 84.5 Å². The Balaban J connectivity index is -0.00000110. The van der Waals surface area contributed by atoms with Gasteiger partial charge in [0, 0.05) is 22.8 Å². The highest BCUT2D eigenvalue weighted by molar-refractivity contribution is 5.90. The van der Waals surface area contributed by atoms with E-state index in [-0.39, 0.29) is 114 Å². The van der Waals surface area contributed by atoms with Gasteiger partial charge in [-0.2, -0.15) is 0 Å². The van der Waals surface area contributed by atoms with E-state index >= 15 is 0 Å². The number of aliphatic hydroxyl groups is 2. The largest absolute Gasteiger partial charge is 0.462 e. The average molecular weight is 1250 g/mol. The molecule has 2 amide bonds. The number of alkyl carbamates (subject to hydrolysis) is 2. The van der Waals surface area contributed by atoms with E-state index in [1.54, 1.807) is 12.1 Å². The molecule has 0 heterocycles. The third kappa shape index (κ3) is 37.2. The van der Waals surface area contributed by atoms with Crippen molar-refractivity contribution in [2.45, 2.75) is 166 Å². The van der Waals surface area contributed by atoms with Crippen molar-refractivity contribution in [3.63, 3.8) is 0 Å². The first-order chi connectivity index (χ1) is 41.3. The molecule has 0 aliphatic rings. The van der Waals surface area contributed by atoms with E-state index in [1.165, 1.54) is 26.3 Å². The second kappa shape index (κ2) is 47.5. The van der Waals surface area contributed by atoms with Crippen LogP contribution in [0, 0.1) is 16.7 Å². The van der Waals surface area contributed by atoms with Crippen molar-refractivity contribution in [3.8, 4) is 0 Å². The summed E-state index contributed by atoms with van der Waals surface area (Å²) < 4.78 is 48.8. The number of hydrogen-bond acceptors (Lipinski definition) is 22. The molecule has 0 fully saturated rings. The van der Waals surface area contributed by atoms with E-state index in [4.69, 9.17) is 42.6 Å². The molecule has 88 heavy (non-hydrogen) atoms. The zero-order valence-corrected chi connectivity index (χ0v) is 54.6. The second-order valence-electron chi connectivity index (χ2n) is 20.9. The van der Waals surface area contributed by atoms with Gasteiger partial charge in [0.1, 0.15) is 78.3 Å². The maximum Gasteiger partial charge on any atom is 0.407 e. The summed E-state index contributed by atoms with van der Waals surface area (Å²) in [5.74, 6) is -3.78. The molecular formula is C64H102N2O22. The number of aliphatic hydroxyl groups excluding tert-OH is 2. The van der Waals surface area contributed by atoms with Crippen LogP contribution in [-0.4, -0.2) is 162 Å². The minimum Gasteiger partial charge on any atom is -0.462 e. The maximum atomic E-state index is 12.0. The molecule has 2 unspecified atom stereocenters. The second-order valence-corrected chi connectivity index (χ2v) is 20.9. The van der Waals surface area contributed by atoms with E-state index in [0.717, 1.165) is 31.8 Å². The smallest absolute Gasteiger partial charge is 0.407 e. The molecule has 1 aromatic carbocycles. The van der Waals surface area contributed by atoms with Crippen molar-refractivity contribution in [2.75, 3.05) is 79.2 Å². The Hall–Kier alpha value is -7.60. The summed E-state index contributed by atoms with van der Waals surface area (Å²) in [6.07, 6.45) is 3.78. The molecule has 0 aliphatic heterocycles. The van der Waals surface area contributed by atoms with E-state index < -0.39 is 65.1 Å². The number of nitrogens with one attached hydrogen (secondary N) is 2. The lowest BCUT2D eigenvalue weighted by Crippen LogP contribution is -2.32. The third-order valence-corrected chi connectivity index (χ3v) is 14.0. The van der Waals surface area contributed by atoms with Crippen LogP contribution in [0.1, 0.15) is 164 Å². The third-order valence-electron chi connectivity index (χ3n) is 14.0. The van der Waals surface area contributed by atoms with Gasteiger partial charge in [-0.05, 0) is 109 Å². The highest BCUT2D eigenvalue weighted by Crippen LogP contribution is 2.31. The van der Waals surface area contributed by atoms with E-state index in [9.17, 15) is 58.2 Å². The molecule has 0 radical (unpaired) electrons. The fourth-order valence-corrected chi connectivity index (χ4v) is 6.38. The molecule has 2 atom stereocenters. The van der Waals surface area contributed by atoms with Crippen molar-refractivity contribution in [1.82, 2.24) is 10.6 Å². The number of carbonyl (C=O) groups excluding carboxylic acids is 10. The van der Waals surface area contributed by atoms with Crippen molar-refractivity contribution < 1.29 is 106 Å². The van der Waals surface area contributed by atoms with Gasteiger partial charge in [-0.15, -0.1) is 0 Å². The van der Waals surface area contributed by atoms with Crippen LogP contribution in [0.5, 0.6) is 0 Å². The Bertz CT molecular complexity index is 2350. The molecule has 1 aromatic rings. The zero-order chi connectivity index (χ0) is 68.1. The van der Waals surface area contributed by atoms with E-state index in [0.29, 0.717) is 42.4 Å². The SMILES string of the molecule is C=C(C)C(=O)OCC(O)COC(=O)c1ccc(C(C)(CC)CC)cc1.C=C(C)C(=O)OCCNC(=O)OCCOC(=O)C(C)(CC)CC.C=C(C)C(=O)OCCNC(=O)OCCOC(=O)C(CC)CC.C=CC(=O)OCC(O)COC(=O)C(C)(CC)CC. The summed E-state index contributed by atoms with van der Waals surface area (Å²) in [6.45, 7) is 39.2. The number of esters is 8. The molecule has 4 N–H and O–H groups in total. The van der Waals surface area contributed by atoms with Gasteiger partial charge in [-0.3, -0.25) is 14.4 Å².